The standard InChI is InChI=1S/C9H8F6N2O2/c1-18-7-5(8(10,11)12)2-4(3-16)6(17-7)19-9(13,14)15/h2H,3,16H2,1H3. The first kappa shape index (κ1) is 15.3. The van der Waals surface area contributed by atoms with Crippen molar-refractivity contribution < 1.29 is 35.8 Å². The minimum Gasteiger partial charge on any atom is -0.480 e. The zero-order valence-electron chi connectivity index (χ0n) is 9.39. The summed E-state index contributed by atoms with van der Waals surface area (Å²) in [5.74, 6) is -2.09. The summed E-state index contributed by atoms with van der Waals surface area (Å²) in [7, 11) is 0.844. The van der Waals surface area contributed by atoms with Crippen LogP contribution in [-0.2, 0) is 12.7 Å². The van der Waals surface area contributed by atoms with E-state index in [4.69, 9.17) is 5.73 Å². The van der Waals surface area contributed by atoms with Crippen LogP contribution >= 0.6 is 0 Å². The number of pyridine rings is 1. The number of rotatable bonds is 3. The molecular weight excluding hydrogens is 282 g/mol. The van der Waals surface area contributed by atoms with Gasteiger partial charge in [0.15, 0.2) is 0 Å². The fraction of sp³-hybridized carbons (Fsp3) is 0.444. The predicted octanol–water partition coefficient (Wildman–Crippen LogP) is 2.47. The van der Waals surface area contributed by atoms with Gasteiger partial charge in [-0.2, -0.15) is 18.2 Å². The van der Waals surface area contributed by atoms with E-state index >= 15 is 0 Å². The summed E-state index contributed by atoms with van der Waals surface area (Å²) in [6, 6.07) is 0.410. The molecule has 0 radical (unpaired) electrons. The highest BCUT2D eigenvalue weighted by atomic mass is 19.4. The van der Waals surface area contributed by atoms with Crippen LogP contribution in [0.5, 0.6) is 11.8 Å². The molecule has 0 amide bonds. The van der Waals surface area contributed by atoms with Crippen LogP contribution in [0.1, 0.15) is 11.1 Å². The summed E-state index contributed by atoms with van der Waals surface area (Å²) >= 11 is 0. The molecule has 0 atom stereocenters. The van der Waals surface area contributed by atoms with E-state index in [-0.39, 0.29) is 0 Å². The van der Waals surface area contributed by atoms with Gasteiger partial charge in [-0.05, 0) is 6.07 Å². The van der Waals surface area contributed by atoms with Gasteiger partial charge < -0.3 is 15.2 Å². The average Bonchev–Trinajstić information content (AvgIpc) is 2.24. The van der Waals surface area contributed by atoms with E-state index in [1.54, 1.807) is 0 Å². The van der Waals surface area contributed by atoms with Gasteiger partial charge in [0.25, 0.3) is 0 Å². The van der Waals surface area contributed by atoms with Gasteiger partial charge in [0, 0.05) is 12.1 Å². The van der Waals surface area contributed by atoms with E-state index in [0.717, 1.165) is 7.11 Å². The molecule has 1 aromatic heterocycles. The Morgan fingerprint density at radius 2 is 1.74 bits per heavy atom. The third-order valence-corrected chi connectivity index (χ3v) is 1.96. The molecule has 0 bridgehead atoms. The Bertz CT molecular complexity index is 457. The van der Waals surface area contributed by atoms with E-state index < -0.39 is 42.0 Å². The largest absolute Gasteiger partial charge is 0.574 e. The third kappa shape index (κ3) is 3.88. The van der Waals surface area contributed by atoms with E-state index in [2.05, 4.69) is 14.5 Å². The van der Waals surface area contributed by atoms with Gasteiger partial charge in [-0.25, -0.2) is 0 Å². The summed E-state index contributed by atoms with van der Waals surface area (Å²) in [6.07, 6.45) is -9.93. The quantitative estimate of drug-likeness (QED) is 0.869. The third-order valence-electron chi connectivity index (χ3n) is 1.96. The zero-order valence-corrected chi connectivity index (χ0v) is 9.39. The molecule has 0 aliphatic heterocycles. The summed E-state index contributed by atoms with van der Waals surface area (Å²) in [5, 5.41) is 0. The molecular formula is C9H8F6N2O2. The molecule has 108 valence electrons. The molecule has 1 heterocycles. The molecule has 0 spiro atoms. The molecule has 0 unspecified atom stereocenters. The number of nitrogens with two attached hydrogens (primary N) is 1. The van der Waals surface area contributed by atoms with Gasteiger partial charge in [-0.3, -0.25) is 0 Å². The maximum Gasteiger partial charge on any atom is 0.574 e. The number of halogens is 6. The second-order valence-electron chi connectivity index (χ2n) is 3.26. The first-order chi connectivity index (χ1) is 8.58. The number of alkyl halides is 6. The van der Waals surface area contributed by atoms with Crippen molar-refractivity contribution in [3.63, 3.8) is 0 Å². The Morgan fingerprint density at radius 1 is 1.16 bits per heavy atom. The topological polar surface area (TPSA) is 57.4 Å². The van der Waals surface area contributed by atoms with Gasteiger partial charge in [0.1, 0.15) is 5.56 Å². The second-order valence-corrected chi connectivity index (χ2v) is 3.26. The Kier molecular flexibility index (Phi) is 4.13. The Hall–Kier alpha value is -1.71. The van der Waals surface area contributed by atoms with Crippen LogP contribution in [0.25, 0.3) is 0 Å². The van der Waals surface area contributed by atoms with Crippen molar-refractivity contribution in [2.75, 3.05) is 7.11 Å². The summed E-state index contributed by atoms with van der Waals surface area (Å²) in [6.45, 7) is -0.606. The molecule has 0 fully saturated rings. The second kappa shape index (κ2) is 5.11. The normalized spacial score (nSPS) is 12.4. The smallest absolute Gasteiger partial charge is 0.480 e. The molecule has 0 aliphatic carbocycles. The Morgan fingerprint density at radius 3 is 2.11 bits per heavy atom. The highest BCUT2D eigenvalue weighted by Crippen LogP contribution is 2.38. The lowest BCUT2D eigenvalue weighted by atomic mass is 10.2. The van der Waals surface area contributed by atoms with Gasteiger partial charge >= 0.3 is 12.5 Å². The van der Waals surface area contributed by atoms with Crippen LogP contribution in [0.15, 0.2) is 6.07 Å². The Labute approximate surface area is 103 Å². The molecule has 1 rings (SSSR count). The van der Waals surface area contributed by atoms with Crippen LogP contribution in [0.4, 0.5) is 26.3 Å². The van der Waals surface area contributed by atoms with Gasteiger partial charge in [0.2, 0.25) is 11.8 Å². The fourth-order valence-electron chi connectivity index (χ4n) is 1.22. The van der Waals surface area contributed by atoms with Gasteiger partial charge in [-0.1, -0.05) is 0 Å². The van der Waals surface area contributed by atoms with Crippen LogP contribution in [0.3, 0.4) is 0 Å². The van der Waals surface area contributed by atoms with Crippen LogP contribution in [-0.4, -0.2) is 18.5 Å². The number of hydrogen-bond acceptors (Lipinski definition) is 4. The molecule has 10 heteroatoms. The summed E-state index contributed by atoms with van der Waals surface area (Å²) in [5.41, 5.74) is 3.21. The fourth-order valence-corrected chi connectivity index (χ4v) is 1.22. The van der Waals surface area contributed by atoms with Crippen molar-refractivity contribution in [2.45, 2.75) is 19.1 Å². The van der Waals surface area contributed by atoms with Crippen molar-refractivity contribution in [1.82, 2.24) is 4.98 Å². The van der Waals surface area contributed by atoms with Crippen molar-refractivity contribution in [1.29, 1.82) is 0 Å². The lowest BCUT2D eigenvalue weighted by Crippen LogP contribution is -2.21. The molecule has 1 aromatic rings. The van der Waals surface area contributed by atoms with Crippen LogP contribution in [0.2, 0.25) is 0 Å². The average molecular weight is 290 g/mol. The number of methoxy groups -OCH3 is 1. The van der Waals surface area contributed by atoms with E-state index in [0.29, 0.717) is 6.07 Å². The predicted molar refractivity (Wildman–Crippen MR) is 50.4 cm³/mol. The van der Waals surface area contributed by atoms with E-state index in [1.807, 2.05) is 0 Å². The number of hydrogen-bond donors (Lipinski definition) is 1. The molecule has 2 N–H and O–H groups in total. The van der Waals surface area contributed by atoms with E-state index in [1.165, 1.54) is 0 Å². The molecule has 0 aliphatic rings. The van der Waals surface area contributed by atoms with Gasteiger partial charge in [0.05, 0.1) is 7.11 Å². The SMILES string of the molecule is COc1nc(OC(F)(F)F)c(CN)cc1C(F)(F)F. The highest BCUT2D eigenvalue weighted by molar-refractivity contribution is 5.39. The van der Waals surface area contributed by atoms with Crippen LogP contribution in [0, 0.1) is 0 Å². The monoisotopic (exact) mass is 290 g/mol. The minimum absolute atomic E-state index is 0.410. The molecule has 19 heavy (non-hydrogen) atoms. The lowest BCUT2D eigenvalue weighted by molar-refractivity contribution is -0.276. The number of nitrogens with zero attached hydrogens (tertiary/aromatic N) is 1. The van der Waals surface area contributed by atoms with Gasteiger partial charge in [-0.15, -0.1) is 13.2 Å². The molecule has 0 saturated heterocycles. The zero-order chi connectivity index (χ0) is 14.8. The number of ether oxygens (including phenoxy) is 2. The molecule has 0 saturated carbocycles. The maximum atomic E-state index is 12.6. The molecule has 4 nitrogen and oxygen atoms in total. The lowest BCUT2D eigenvalue weighted by Gasteiger charge is -2.16. The number of aromatic nitrogens is 1. The van der Waals surface area contributed by atoms with E-state index in [9.17, 15) is 26.3 Å². The minimum atomic E-state index is -5.10. The van der Waals surface area contributed by atoms with Crippen molar-refractivity contribution in [2.24, 2.45) is 5.73 Å². The highest BCUT2D eigenvalue weighted by Gasteiger charge is 2.38. The first-order valence-corrected chi connectivity index (χ1v) is 4.69. The Balaban J connectivity index is 3.36. The molecule has 0 aromatic carbocycles. The van der Waals surface area contributed by atoms with Crippen molar-refractivity contribution >= 4 is 0 Å². The van der Waals surface area contributed by atoms with Crippen molar-refractivity contribution in [3.05, 3.63) is 17.2 Å². The van der Waals surface area contributed by atoms with Crippen molar-refractivity contribution in [3.8, 4) is 11.8 Å². The first-order valence-electron chi connectivity index (χ1n) is 4.69. The summed E-state index contributed by atoms with van der Waals surface area (Å²) in [4.78, 5) is 3.05. The summed E-state index contributed by atoms with van der Waals surface area (Å²) < 4.78 is 81.8. The van der Waals surface area contributed by atoms with Crippen LogP contribution < -0.4 is 15.2 Å². The maximum absolute atomic E-state index is 12.6.